The Hall–Kier alpha value is -2.47. The molecule has 2 unspecified atom stereocenters. The third-order valence-electron chi connectivity index (χ3n) is 3.94. The van der Waals surface area contributed by atoms with Crippen molar-refractivity contribution in [2.75, 3.05) is 10.6 Å². The molecule has 0 saturated heterocycles. The highest BCUT2D eigenvalue weighted by molar-refractivity contribution is 7.86. The maximum atomic E-state index is 12.6. The summed E-state index contributed by atoms with van der Waals surface area (Å²) in [4.78, 5) is 25.0. The number of para-hydroxylation sites is 1. The van der Waals surface area contributed by atoms with Gasteiger partial charge in [-0.15, -0.1) is 0 Å². The summed E-state index contributed by atoms with van der Waals surface area (Å²) < 4.78 is 12.6. The highest BCUT2D eigenvalue weighted by atomic mass is 32.2. The average molecular weight is 342 g/mol. The number of carbonyl (C=O) groups is 2. The number of anilines is 2. The lowest BCUT2D eigenvalue weighted by Crippen LogP contribution is -2.39. The second-order valence-corrected chi connectivity index (χ2v) is 7.45. The minimum absolute atomic E-state index is 0.125. The molecule has 0 fully saturated rings. The van der Waals surface area contributed by atoms with Gasteiger partial charge in [0.05, 0.1) is 27.8 Å². The van der Waals surface area contributed by atoms with E-state index in [4.69, 9.17) is 0 Å². The van der Waals surface area contributed by atoms with Gasteiger partial charge in [0.15, 0.2) is 0 Å². The summed E-state index contributed by atoms with van der Waals surface area (Å²) in [5, 5.41) is 4.63. The predicted molar refractivity (Wildman–Crippen MR) is 94.4 cm³/mol. The number of nitrogens with one attached hydrogen (secondary N) is 2. The zero-order valence-electron chi connectivity index (χ0n) is 13.5. The van der Waals surface area contributed by atoms with Gasteiger partial charge < -0.3 is 10.6 Å². The third kappa shape index (κ3) is 3.23. The zero-order valence-corrected chi connectivity index (χ0v) is 14.3. The average Bonchev–Trinajstić information content (AvgIpc) is 2.54. The van der Waals surface area contributed by atoms with Crippen LogP contribution in [0.2, 0.25) is 0 Å². The lowest BCUT2D eigenvalue weighted by atomic mass is 10.1. The monoisotopic (exact) mass is 342 g/mol. The van der Waals surface area contributed by atoms with E-state index >= 15 is 0 Å². The Kier molecular flexibility index (Phi) is 4.49. The SMILES string of the molecule is Cc1ccc(NC(=O)CC2C(=O)Nc3ccccc3S2=O)c(C)c1. The summed E-state index contributed by atoms with van der Waals surface area (Å²) in [5.41, 5.74) is 3.30. The van der Waals surface area contributed by atoms with Gasteiger partial charge in [0, 0.05) is 5.69 Å². The van der Waals surface area contributed by atoms with E-state index in [0.717, 1.165) is 11.1 Å². The molecule has 2 N–H and O–H groups in total. The van der Waals surface area contributed by atoms with Crippen molar-refractivity contribution in [3.05, 3.63) is 53.6 Å². The van der Waals surface area contributed by atoms with Gasteiger partial charge in [-0.25, -0.2) is 0 Å². The second kappa shape index (κ2) is 6.57. The summed E-state index contributed by atoms with van der Waals surface area (Å²) in [6.07, 6.45) is -0.125. The molecule has 24 heavy (non-hydrogen) atoms. The summed E-state index contributed by atoms with van der Waals surface area (Å²) in [6, 6.07) is 12.7. The molecule has 2 aromatic carbocycles. The summed E-state index contributed by atoms with van der Waals surface area (Å²) in [6.45, 7) is 3.88. The first kappa shape index (κ1) is 16.4. The van der Waals surface area contributed by atoms with Crippen molar-refractivity contribution in [2.24, 2.45) is 0 Å². The van der Waals surface area contributed by atoms with E-state index in [9.17, 15) is 13.8 Å². The van der Waals surface area contributed by atoms with Crippen LogP contribution in [0.3, 0.4) is 0 Å². The van der Waals surface area contributed by atoms with E-state index in [1.54, 1.807) is 24.3 Å². The molecule has 3 rings (SSSR count). The Balaban J connectivity index is 1.75. The molecule has 0 aliphatic carbocycles. The fourth-order valence-corrected chi connectivity index (χ4v) is 4.11. The van der Waals surface area contributed by atoms with Crippen LogP contribution in [0.15, 0.2) is 47.4 Å². The summed E-state index contributed by atoms with van der Waals surface area (Å²) >= 11 is 0. The van der Waals surface area contributed by atoms with E-state index in [1.165, 1.54) is 0 Å². The van der Waals surface area contributed by atoms with Crippen LogP contribution in [-0.4, -0.2) is 21.3 Å². The van der Waals surface area contributed by atoms with Gasteiger partial charge in [0.25, 0.3) is 0 Å². The van der Waals surface area contributed by atoms with Crippen LogP contribution < -0.4 is 10.6 Å². The summed E-state index contributed by atoms with van der Waals surface area (Å²) in [7, 11) is -1.54. The van der Waals surface area contributed by atoms with E-state index in [1.807, 2.05) is 32.0 Å². The smallest absolute Gasteiger partial charge is 0.241 e. The van der Waals surface area contributed by atoms with E-state index in [0.29, 0.717) is 16.3 Å². The Bertz CT molecular complexity index is 848. The molecular formula is C18H18N2O3S. The molecule has 1 aliphatic heterocycles. The maximum Gasteiger partial charge on any atom is 0.241 e. The van der Waals surface area contributed by atoms with Crippen molar-refractivity contribution in [3.63, 3.8) is 0 Å². The van der Waals surface area contributed by atoms with Crippen LogP contribution in [0.4, 0.5) is 11.4 Å². The van der Waals surface area contributed by atoms with Gasteiger partial charge in [-0.1, -0.05) is 29.8 Å². The van der Waals surface area contributed by atoms with Gasteiger partial charge in [0.2, 0.25) is 11.8 Å². The molecule has 2 amide bonds. The van der Waals surface area contributed by atoms with Crippen LogP contribution in [0, 0.1) is 13.8 Å². The third-order valence-corrected chi connectivity index (χ3v) is 5.63. The van der Waals surface area contributed by atoms with Crippen molar-refractivity contribution in [1.29, 1.82) is 0 Å². The number of aryl methyl sites for hydroxylation is 2. The van der Waals surface area contributed by atoms with Crippen LogP contribution in [-0.2, 0) is 20.4 Å². The Morgan fingerprint density at radius 2 is 1.96 bits per heavy atom. The number of amides is 2. The Labute approximate surface area is 142 Å². The number of rotatable bonds is 3. The minimum Gasteiger partial charge on any atom is -0.326 e. The molecule has 0 radical (unpaired) electrons. The van der Waals surface area contributed by atoms with Gasteiger partial charge in [-0.3, -0.25) is 13.8 Å². The Morgan fingerprint density at radius 1 is 1.21 bits per heavy atom. The maximum absolute atomic E-state index is 12.6. The van der Waals surface area contributed by atoms with Crippen LogP contribution in [0.25, 0.3) is 0 Å². The van der Waals surface area contributed by atoms with Crippen molar-refractivity contribution in [3.8, 4) is 0 Å². The zero-order chi connectivity index (χ0) is 17.3. The molecular weight excluding hydrogens is 324 g/mol. The van der Waals surface area contributed by atoms with Crippen molar-refractivity contribution < 1.29 is 13.8 Å². The first-order valence-electron chi connectivity index (χ1n) is 7.63. The molecule has 0 aromatic heterocycles. The van der Waals surface area contributed by atoms with Gasteiger partial charge in [-0.2, -0.15) is 0 Å². The van der Waals surface area contributed by atoms with Gasteiger partial charge in [0.1, 0.15) is 5.25 Å². The lowest BCUT2D eigenvalue weighted by molar-refractivity contribution is -0.120. The number of hydrogen-bond acceptors (Lipinski definition) is 3. The fourth-order valence-electron chi connectivity index (χ4n) is 2.70. The van der Waals surface area contributed by atoms with Gasteiger partial charge >= 0.3 is 0 Å². The molecule has 0 saturated carbocycles. The molecule has 6 heteroatoms. The summed E-state index contributed by atoms with van der Waals surface area (Å²) in [5.74, 6) is -0.711. The van der Waals surface area contributed by atoms with Crippen molar-refractivity contribution in [1.82, 2.24) is 0 Å². The second-order valence-electron chi connectivity index (χ2n) is 5.84. The topological polar surface area (TPSA) is 75.3 Å². The van der Waals surface area contributed by atoms with Crippen molar-refractivity contribution in [2.45, 2.75) is 30.4 Å². The first-order chi connectivity index (χ1) is 11.5. The number of carbonyl (C=O) groups excluding carboxylic acids is 2. The fraction of sp³-hybridized carbons (Fsp3) is 0.222. The van der Waals surface area contributed by atoms with Crippen LogP contribution in [0.5, 0.6) is 0 Å². The predicted octanol–water partition coefficient (Wildman–Crippen LogP) is 2.76. The van der Waals surface area contributed by atoms with E-state index in [2.05, 4.69) is 10.6 Å². The first-order valence-corrected chi connectivity index (χ1v) is 8.84. The molecule has 0 bridgehead atoms. The largest absolute Gasteiger partial charge is 0.326 e. The molecule has 124 valence electrons. The normalized spacial score (nSPS) is 19.3. The Morgan fingerprint density at radius 3 is 2.71 bits per heavy atom. The van der Waals surface area contributed by atoms with Crippen LogP contribution in [0.1, 0.15) is 17.5 Å². The van der Waals surface area contributed by atoms with Crippen LogP contribution >= 0.6 is 0 Å². The molecule has 2 aromatic rings. The number of benzene rings is 2. The standard InChI is InChI=1S/C18H18N2O3S/c1-11-7-8-13(12(2)9-11)19-17(21)10-16-18(22)20-14-5-3-4-6-15(14)24(16)23/h3-9,16H,10H2,1-2H3,(H,19,21)(H,20,22). The van der Waals surface area contributed by atoms with E-state index in [-0.39, 0.29) is 18.2 Å². The number of fused-ring (bicyclic) bond motifs is 1. The highest BCUT2D eigenvalue weighted by Crippen LogP contribution is 2.28. The van der Waals surface area contributed by atoms with E-state index < -0.39 is 16.0 Å². The molecule has 1 heterocycles. The van der Waals surface area contributed by atoms with Crippen molar-refractivity contribution >= 4 is 34.0 Å². The lowest BCUT2D eigenvalue weighted by Gasteiger charge is -2.23. The van der Waals surface area contributed by atoms with Gasteiger partial charge in [-0.05, 0) is 37.6 Å². The minimum atomic E-state index is -1.54. The molecule has 5 nitrogen and oxygen atoms in total. The quantitative estimate of drug-likeness (QED) is 0.900. The molecule has 2 atom stereocenters. The number of hydrogen-bond donors (Lipinski definition) is 2. The molecule has 1 aliphatic rings. The highest BCUT2D eigenvalue weighted by Gasteiger charge is 2.34. The molecule has 0 spiro atoms.